The summed E-state index contributed by atoms with van der Waals surface area (Å²) in [6.45, 7) is 6.07. The Bertz CT molecular complexity index is 376. The molecule has 4 nitrogen and oxygen atoms in total. The zero-order valence-corrected chi connectivity index (χ0v) is 12.1. The number of hydrogen-bond donors (Lipinski definition) is 1. The van der Waals surface area contributed by atoms with Gasteiger partial charge in [-0.25, -0.2) is 4.79 Å². The fourth-order valence-electron chi connectivity index (χ4n) is 1.71. The van der Waals surface area contributed by atoms with Crippen LogP contribution in [0.1, 0.15) is 32.3 Å². The van der Waals surface area contributed by atoms with Crippen LogP contribution in [0.25, 0.3) is 0 Å². The molecule has 4 heteroatoms. The van der Waals surface area contributed by atoms with Crippen LogP contribution in [0.15, 0.2) is 24.3 Å². The van der Waals surface area contributed by atoms with Crippen LogP contribution in [0.5, 0.6) is 5.75 Å². The van der Waals surface area contributed by atoms with Crippen LogP contribution in [0.3, 0.4) is 0 Å². The van der Waals surface area contributed by atoms with Crippen LogP contribution in [-0.2, 0) is 6.54 Å². The number of rotatable bonds is 7. The third-order valence-corrected chi connectivity index (χ3v) is 2.81. The van der Waals surface area contributed by atoms with Crippen molar-refractivity contribution in [3.63, 3.8) is 0 Å². The van der Waals surface area contributed by atoms with E-state index in [0.29, 0.717) is 13.2 Å². The highest BCUT2D eigenvalue weighted by molar-refractivity contribution is 5.73. The van der Waals surface area contributed by atoms with Crippen molar-refractivity contribution in [2.45, 2.75) is 33.2 Å². The lowest BCUT2D eigenvalue weighted by Crippen LogP contribution is -2.37. The third kappa shape index (κ3) is 5.64. The lowest BCUT2D eigenvalue weighted by Gasteiger charge is -2.18. The van der Waals surface area contributed by atoms with E-state index in [4.69, 9.17) is 4.74 Å². The normalized spacial score (nSPS) is 10.1. The second kappa shape index (κ2) is 8.40. The molecule has 0 saturated carbocycles. The van der Waals surface area contributed by atoms with Crippen LogP contribution in [-0.4, -0.2) is 31.1 Å². The molecule has 0 fully saturated rings. The molecular weight excluding hydrogens is 240 g/mol. The van der Waals surface area contributed by atoms with Gasteiger partial charge in [0, 0.05) is 20.1 Å². The van der Waals surface area contributed by atoms with Crippen molar-refractivity contribution in [3.05, 3.63) is 29.8 Å². The zero-order chi connectivity index (χ0) is 14.1. The van der Waals surface area contributed by atoms with Crippen molar-refractivity contribution in [1.82, 2.24) is 10.2 Å². The number of ether oxygens (including phenoxy) is 1. The van der Waals surface area contributed by atoms with Gasteiger partial charge in [0.15, 0.2) is 0 Å². The van der Waals surface area contributed by atoms with E-state index in [9.17, 15) is 4.79 Å². The molecule has 0 unspecified atom stereocenters. The predicted octanol–water partition coefficient (Wildman–Crippen LogP) is 3.03. The molecule has 0 spiro atoms. The summed E-state index contributed by atoms with van der Waals surface area (Å²) >= 11 is 0. The summed E-state index contributed by atoms with van der Waals surface area (Å²) in [4.78, 5) is 13.5. The van der Waals surface area contributed by atoms with Gasteiger partial charge < -0.3 is 15.0 Å². The summed E-state index contributed by atoms with van der Waals surface area (Å²) in [6.07, 6.45) is 2.10. The number of benzene rings is 1. The van der Waals surface area contributed by atoms with Gasteiger partial charge in [0.05, 0.1) is 6.61 Å². The van der Waals surface area contributed by atoms with Crippen molar-refractivity contribution >= 4 is 6.03 Å². The van der Waals surface area contributed by atoms with Gasteiger partial charge in [-0.05, 0) is 31.0 Å². The standard InChI is InChI=1S/C15H24N2O2/c1-4-6-11-16-15(18)17(3)12-13-7-9-14(10-8-13)19-5-2/h7-10H,4-6,11-12H2,1-3H3,(H,16,18). The minimum Gasteiger partial charge on any atom is -0.494 e. The van der Waals surface area contributed by atoms with E-state index in [1.165, 1.54) is 0 Å². The van der Waals surface area contributed by atoms with E-state index in [1.807, 2.05) is 31.2 Å². The maximum Gasteiger partial charge on any atom is 0.317 e. The fraction of sp³-hybridized carbons (Fsp3) is 0.533. The smallest absolute Gasteiger partial charge is 0.317 e. The average Bonchev–Trinajstić information content (AvgIpc) is 2.41. The Balaban J connectivity index is 2.42. The Hall–Kier alpha value is -1.71. The first-order chi connectivity index (χ1) is 9.17. The van der Waals surface area contributed by atoms with Crippen LogP contribution >= 0.6 is 0 Å². The SMILES string of the molecule is CCCCNC(=O)N(C)Cc1ccc(OCC)cc1. The number of amides is 2. The molecule has 0 heterocycles. The summed E-state index contributed by atoms with van der Waals surface area (Å²) in [7, 11) is 1.80. The van der Waals surface area contributed by atoms with Gasteiger partial charge >= 0.3 is 6.03 Å². The van der Waals surface area contributed by atoms with Gasteiger partial charge in [-0.2, -0.15) is 0 Å². The molecule has 0 bridgehead atoms. The fourth-order valence-corrected chi connectivity index (χ4v) is 1.71. The molecule has 0 atom stereocenters. The Morgan fingerprint density at radius 1 is 1.26 bits per heavy atom. The van der Waals surface area contributed by atoms with Gasteiger partial charge in [-0.1, -0.05) is 25.5 Å². The van der Waals surface area contributed by atoms with E-state index in [1.54, 1.807) is 11.9 Å². The van der Waals surface area contributed by atoms with Crippen LogP contribution in [0.2, 0.25) is 0 Å². The molecule has 1 aromatic rings. The summed E-state index contributed by atoms with van der Waals surface area (Å²) < 4.78 is 5.39. The second-order valence-electron chi connectivity index (χ2n) is 4.52. The topological polar surface area (TPSA) is 41.6 Å². The number of hydrogen-bond acceptors (Lipinski definition) is 2. The molecule has 106 valence electrons. The first kappa shape index (κ1) is 15.3. The number of nitrogens with zero attached hydrogens (tertiary/aromatic N) is 1. The van der Waals surface area contributed by atoms with Crippen LogP contribution in [0, 0.1) is 0 Å². The van der Waals surface area contributed by atoms with E-state index < -0.39 is 0 Å². The highest BCUT2D eigenvalue weighted by atomic mass is 16.5. The minimum atomic E-state index is -0.0256. The van der Waals surface area contributed by atoms with E-state index in [2.05, 4.69) is 12.2 Å². The molecule has 0 aromatic heterocycles. The van der Waals surface area contributed by atoms with Gasteiger partial charge in [0.25, 0.3) is 0 Å². The number of nitrogens with one attached hydrogen (secondary N) is 1. The molecular formula is C15H24N2O2. The Kier molecular flexibility index (Phi) is 6.79. The number of urea groups is 1. The highest BCUT2D eigenvalue weighted by Gasteiger charge is 2.07. The molecule has 1 rings (SSSR count). The van der Waals surface area contributed by atoms with Gasteiger partial charge in [0.1, 0.15) is 5.75 Å². The molecule has 1 aromatic carbocycles. The third-order valence-electron chi connectivity index (χ3n) is 2.81. The minimum absolute atomic E-state index is 0.0256. The molecule has 0 saturated heterocycles. The van der Waals surface area contributed by atoms with Crippen LogP contribution < -0.4 is 10.1 Å². The number of carbonyl (C=O) groups is 1. The highest BCUT2D eigenvalue weighted by Crippen LogP contribution is 2.13. The lowest BCUT2D eigenvalue weighted by atomic mass is 10.2. The summed E-state index contributed by atoms with van der Waals surface area (Å²) in [5.74, 6) is 0.862. The molecule has 19 heavy (non-hydrogen) atoms. The number of carbonyl (C=O) groups excluding carboxylic acids is 1. The van der Waals surface area contributed by atoms with Gasteiger partial charge in [0.2, 0.25) is 0 Å². The monoisotopic (exact) mass is 264 g/mol. The molecule has 0 aliphatic rings. The predicted molar refractivity (Wildman–Crippen MR) is 77.4 cm³/mol. The maximum atomic E-state index is 11.8. The summed E-state index contributed by atoms with van der Waals surface area (Å²) in [6, 6.07) is 7.81. The number of unbranched alkanes of at least 4 members (excludes halogenated alkanes) is 1. The van der Waals surface area contributed by atoms with Crippen LogP contribution in [0.4, 0.5) is 4.79 Å². The Labute approximate surface area is 115 Å². The Morgan fingerprint density at radius 3 is 2.53 bits per heavy atom. The van der Waals surface area contributed by atoms with E-state index >= 15 is 0 Å². The molecule has 0 aliphatic carbocycles. The van der Waals surface area contributed by atoms with Crippen molar-refractivity contribution in [2.75, 3.05) is 20.2 Å². The first-order valence-corrected chi connectivity index (χ1v) is 6.88. The average molecular weight is 264 g/mol. The second-order valence-corrected chi connectivity index (χ2v) is 4.52. The van der Waals surface area contributed by atoms with Crippen molar-refractivity contribution < 1.29 is 9.53 Å². The lowest BCUT2D eigenvalue weighted by molar-refractivity contribution is 0.207. The van der Waals surface area contributed by atoms with Crippen molar-refractivity contribution in [1.29, 1.82) is 0 Å². The largest absolute Gasteiger partial charge is 0.494 e. The van der Waals surface area contributed by atoms with Crippen molar-refractivity contribution in [2.24, 2.45) is 0 Å². The van der Waals surface area contributed by atoms with Gasteiger partial charge in [-0.3, -0.25) is 0 Å². The molecule has 2 amide bonds. The van der Waals surface area contributed by atoms with E-state index in [0.717, 1.165) is 30.7 Å². The zero-order valence-electron chi connectivity index (χ0n) is 12.1. The summed E-state index contributed by atoms with van der Waals surface area (Å²) in [5, 5.41) is 2.90. The Morgan fingerprint density at radius 2 is 1.95 bits per heavy atom. The van der Waals surface area contributed by atoms with Crippen molar-refractivity contribution in [3.8, 4) is 5.75 Å². The molecule has 1 N–H and O–H groups in total. The first-order valence-electron chi connectivity index (χ1n) is 6.88. The van der Waals surface area contributed by atoms with Gasteiger partial charge in [-0.15, -0.1) is 0 Å². The summed E-state index contributed by atoms with van der Waals surface area (Å²) in [5.41, 5.74) is 1.09. The molecule has 0 aliphatic heterocycles. The quantitative estimate of drug-likeness (QED) is 0.769. The maximum absolute atomic E-state index is 11.8. The van der Waals surface area contributed by atoms with E-state index in [-0.39, 0.29) is 6.03 Å². The molecule has 0 radical (unpaired) electrons.